The average Bonchev–Trinajstić information content (AvgIpc) is 2.74. The number of aromatic nitrogens is 1. The highest BCUT2D eigenvalue weighted by molar-refractivity contribution is 8.00. The Labute approximate surface area is 115 Å². The number of carbonyl (C=O) groups excluding carboxylic acids is 1. The summed E-state index contributed by atoms with van der Waals surface area (Å²) in [4.78, 5) is 22.1. The minimum atomic E-state index is -0.864. The number of carboxylic acids is 1. The summed E-state index contributed by atoms with van der Waals surface area (Å²) in [7, 11) is 0. The van der Waals surface area contributed by atoms with E-state index in [4.69, 9.17) is 9.63 Å². The van der Waals surface area contributed by atoms with E-state index in [0.717, 1.165) is 5.69 Å². The van der Waals surface area contributed by atoms with Crippen LogP contribution in [0.3, 0.4) is 0 Å². The Bertz CT molecular complexity index is 445. The second kappa shape index (κ2) is 7.18. The Morgan fingerprint density at radius 2 is 2.16 bits per heavy atom. The van der Waals surface area contributed by atoms with Crippen molar-refractivity contribution in [3.63, 3.8) is 0 Å². The maximum atomic E-state index is 11.6. The molecule has 1 amide bonds. The highest BCUT2D eigenvalue weighted by atomic mass is 32.2. The van der Waals surface area contributed by atoms with Crippen molar-refractivity contribution in [1.29, 1.82) is 0 Å². The summed E-state index contributed by atoms with van der Waals surface area (Å²) in [5.74, 6) is -0.350. The van der Waals surface area contributed by atoms with E-state index in [1.165, 1.54) is 11.8 Å². The molecule has 1 rings (SSSR count). The van der Waals surface area contributed by atoms with Crippen LogP contribution in [0, 0.1) is 0 Å². The first kappa shape index (κ1) is 15.6. The second-order valence-electron chi connectivity index (χ2n) is 4.54. The van der Waals surface area contributed by atoms with E-state index < -0.39 is 5.97 Å². The van der Waals surface area contributed by atoms with Gasteiger partial charge < -0.3 is 9.63 Å². The lowest BCUT2D eigenvalue weighted by atomic mass is 10.1. The maximum Gasteiger partial charge on any atom is 0.304 e. The normalized spacial score (nSPS) is 12.4. The van der Waals surface area contributed by atoms with Crippen LogP contribution in [0.25, 0.3) is 0 Å². The number of aliphatic carboxylic acids is 1. The number of anilines is 1. The molecule has 0 aliphatic carbocycles. The Balaban J connectivity index is 2.36. The monoisotopic (exact) mass is 286 g/mol. The predicted molar refractivity (Wildman–Crippen MR) is 73.4 cm³/mol. The SMILES string of the molecule is CC(CC(=O)O)SCC(=O)Nc1cc(C(C)C)no1. The van der Waals surface area contributed by atoms with Crippen molar-refractivity contribution < 1.29 is 19.2 Å². The molecule has 1 aromatic rings. The third kappa shape index (κ3) is 5.78. The van der Waals surface area contributed by atoms with Gasteiger partial charge in [0.15, 0.2) is 0 Å². The van der Waals surface area contributed by atoms with Gasteiger partial charge in [-0.3, -0.25) is 14.9 Å². The van der Waals surface area contributed by atoms with Crippen LogP contribution in [0.4, 0.5) is 5.88 Å². The molecule has 0 saturated carbocycles. The fourth-order valence-corrected chi connectivity index (χ4v) is 2.08. The summed E-state index contributed by atoms with van der Waals surface area (Å²) in [6, 6.07) is 1.69. The number of nitrogens with one attached hydrogen (secondary N) is 1. The molecular weight excluding hydrogens is 268 g/mol. The van der Waals surface area contributed by atoms with Gasteiger partial charge in [-0.05, 0) is 5.92 Å². The largest absolute Gasteiger partial charge is 0.481 e. The first-order valence-electron chi connectivity index (χ1n) is 5.98. The lowest BCUT2D eigenvalue weighted by molar-refractivity contribution is -0.136. The van der Waals surface area contributed by atoms with Gasteiger partial charge in [-0.1, -0.05) is 25.9 Å². The summed E-state index contributed by atoms with van der Waals surface area (Å²) in [6.07, 6.45) is 0.0394. The molecule has 0 aliphatic rings. The quantitative estimate of drug-likeness (QED) is 0.799. The fourth-order valence-electron chi connectivity index (χ4n) is 1.32. The molecule has 1 unspecified atom stereocenters. The molecule has 0 radical (unpaired) electrons. The zero-order chi connectivity index (χ0) is 14.4. The average molecular weight is 286 g/mol. The summed E-state index contributed by atoms with van der Waals surface area (Å²) in [5, 5.41) is 14.9. The summed E-state index contributed by atoms with van der Waals surface area (Å²) >= 11 is 1.29. The molecule has 6 nitrogen and oxygen atoms in total. The number of nitrogens with zero attached hydrogens (tertiary/aromatic N) is 1. The maximum absolute atomic E-state index is 11.6. The molecule has 106 valence electrons. The van der Waals surface area contributed by atoms with Gasteiger partial charge in [0.2, 0.25) is 11.8 Å². The third-order valence-electron chi connectivity index (χ3n) is 2.34. The van der Waals surface area contributed by atoms with E-state index in [1.807, 2.05) is 13.8 Å². The van der Waals surface area contributed by atoms with Gasteiger partial charge in [0.1, 0.15) is 0 Å². The molecule has 0 saturated heterocycles. The van der Waals surface area contributed by atoms with E-state index in [9.17, 15) is 9.59 Å². The number of thioether (sulfide) groups is 1. The topological polar surface area (TPSA) is 92.4 Å². The van der Waals surface area contributed by atoms with Crippen LogP contribution in [-0.2, 0) is 9.59 Å². The van der Waals surface area contributed by atoms with Crippen molar-refractivity contribution >= 4 is 29.5 Å². The Morgan fingerprint density at radius 3 is 2.68 bits per heavy atom. The van der Waals surface area contributed by atoms with Gasteiger partial charge in [-0.15, -0.1) is 11.8 Å². The second-order valence-corrected chi connectivity index (χ2v) is 5.97. The van der Waals surface area contributed by atoms with Gasteiger partial charge in [0.25, 0.3) is 0 Å². The molecule has 1 aromatic heterocycles. The van der Waals surface area contributed by atoms with Crippen molar-refractivity contribution in [3.05, 3.63) is 11.8 Å². The minimum Gasteiger partial charge on any atom is -0.481 e. The number of hydrogen-bond acceptors (Lipinski definition) is 5. The Morgan fingerprint density at radius 1 is 1.47 bits per heavy atom. The van der Waals surface area contributed by atoms with E-state index in [1.54, 1.807) is 13.0 Å². The minimum absolute atomic E-state index is 0.0394. The molecule has 0 spiro atoms. The van der Waals surface area contributed by atoms with Crippen LogP contribution >= 0.6 is 11.8 Å². The van der Waals surface area contributed by atoms with E-state index in [-0.39, 0.29) is 29.2 Å². The zero-order valence-electron chi connectivity index (χ0n) is 11.2. The van der Waals surface area contributed by atoms with Crippen LogP contribution in [0.15, 0.2) is 10.6 Å². The zero-order valence-corrected chi connectivity index (χ0v) is 12.0. The predicted octanol–water partition coefficient (Wildman–Crippen LogP) is 2.33. The molecule has 0 aliphatic heterocycles. The van der Waals surface area contributed by atoms with Gasteiger partial charge in [0.05, 0.1) is 17.9 Å². The first-order chi connectivity index (χ1) is 8.88. The van der Waals surface area contributed by atoms with E-state index in [0.29, 0.717) is 5.88 Å². The number of amides is 1. The van der Waals surface area contributed by atoms with Crippen molar-refractivity contribution in [2.75, 3.05) is 11.1 Å². The molecule has 1 heterocycles. The Hall–Kier alpha value is -1.50. The number of carboxylic acid groups (broad SMARTS) is 1. The highest BCUT2D eigenvalue weighted by Crippen LogP contribution is 2.18. The summed E-state index contributed by atoms with van der Waals surface area (Å²) < 4.78 is 4.98. The van der Waals surface area contributed by atoms with Crippen LogP contribution in [0.1, 0.15) is 38.8 Å². The standard InChI is InChI=1S/C12H18N2O4S/c1-7(2)9-5-11(18-14-9)13-10(15)6-19-8(3)4-12(16)17/h5,7-8H,4,6H2,1-3H3,(H,13,15)(H,16,17). The lowest BCUT2D eigenvalue weighted by Crippen LogP contribution is -2.16. The Kier molecular flexibility index (Phi) is 5.88. The van der Waals surface area contributed by atoms with Crippen molar-refractivity contribution in [3.8, 4) is 0 Å². The van der Waals surface area contributed by atoms with E-state index >= 15 is 0 Å². The highest BCUT2D eigenvalue weighted by Gasteiger charge is 2.13. The number of carbonyl (C=O) groups is 2. The van der Waals surface area contributed by atoms with Crippen molar-refractivity contribution in [2.24, 2.45) is 0 Å². The fraction of sp³-hybridized carbons (Fsp3) is 0.583. The molecule has 1 atom stereocenters. The van der Waals surface area contributed by atoms with Crippen LogP contribution in [0.2, 0.25) is 0 Å². The van der Waals surface area contributed by atoms with Gasteiger partial charge in [-0.2, -0.15) is 0 Å². The summed E-state index contributed by atoms with van der Waals surface area (Å²) in [5.41, 5.74) is 0.780. The third-order valence-corrected chi connectivity index (χ3v) is 3.51. The van der Waals surface area contributed by atoms with Crippen molar-refractivity contribution in [1.82, 2.24) is 5.16 Å². The molecular formula is C12H18N2O4S. The van der Waals surface area contributed by atoms with E-state index in [2.05, 4.69) is 10.5 Å². The van der Waals surface area contributed by atoms with Gasteiger partial charge in [0, 0.05) is 11.3 Å². The molecule has 0 aromatic carbocycles. The summed E-state index contributed by atoms with van der Waals surface area (Å²) in [6.45, 7) is 5.73. The molecule has 7 heteroatoms. The number of hydrogen-bond donors (Lipinski definition) is 2. The van der Waals surface area contributed by atoms with Crippen LogP contribution in [0.5, 0.6) is 0 Å². The van der Waals surface area contributed by atoms with Crippen LogP contribution < -0.4 is 5.32 Å². The number of rotatable bonds is 7. The molecule has 0 bridgehead atoms. The molecule has 19 heavy (non-hydrogen) atoms. The molecule has 0 fully saturated rings. The smallest absolute Gasteiger partial charge is 0.304 e. The lowest BCUT2D eigenvalue weighted by Gasteiger charge is -2.07. The first-order valence-corrected chi connectivity index (χ1v) is 7.03. The van der Waals surface area contributed by atoms with Gasteiger partial charge in [-0.25, -0.2) is 0 Å². The van der Waals surface area contributed by atoms with Gasteiger partial charge >= 0.3 is 5.97 Å². The van der Waals surface area contributed by atoms with Crippen LogP contribution in [-0.4, -0.2) is 33.1 Å². The molecule has 2 N–H and O–H groups in total. The van der Waals surface area contributed by atoms with Crippen molar-refractivity contribution in [2.45, 2.75) is 38.4 Å².